The maximum atomic E-state index is 5.30. The number of guanidine groups is 1. The third-order valence-electron chi connectivity index (χ3n) is 3.23. The molecule has 5 nitrogen and oxygen atoms in total. The highest BCUT2D eigenvalue weighted by molar-refractivity contribution is 14.0. The highest BCUT2D eigenvalue weighted by Gasteiger charge is 2.14. The maximum absolute atomic E-state index is 5.30. The number of likely N-dealkylation sites (N-methyl/N-ethyl adjacent to an activating group) is 1. The lowest BCUT2D eigenvalue weighted by Crippen LogP contribution is -2.38. The largest absolute Gasteiger partial charge is 0.497 e. The molecule has 0 heterocycles. The monoisotopic (exact) mass is 430 g/mol. The van der Waals surface area contributed by atoms with Crippen LogP contribution in [0.4, 0.5) is 0 Å². The topological polar surface area (TPSA) is 48.9 Å². The van der Waals surface area contributed by atoms with Crippen molar-refractivity contribution in [3.63, 3.8) is 0 Å². The van der Waals surface area contributed by atoms with Crippen molar-refractivity contribution < 1.29 is 4.74 Å². The van der Waals surface area contributed by atoms with Crippen LogP contribution in [0.15, 0.2) is 29.3 Å². The van der Waals surface area contributed by atoms with E-state index in [-0.39, 0.29) is 30.0 Å². The average molecular weight is 430 g/mol. The van der Waals surface area contributed by atoms with Gasteiger partial charge in [-0.1, -0.05) is 18.1 Å². The van der Waals surface area contributed by atoms with Crippen LogP contribution in [0.1, 0.15) is 18.5 Å². The Hall–Kier alpha value is -1.46. The van der Waals surface area contributed by atoms with E-state index in [2.05, 4.69) is 32.5 Å². The number of nitrogens with one attached hydrogen (secondary N) is 2. The van der Waals surface area contributed by atoms with Gasteiger partial charge in [0.05, 0.1) is 26.2 Å². The zero-order valence-corrected chi connectivity index (χ0v) is 16.6. The molecule has 1 aromatic carbocycles. The molecule has 23 heavy (non-hydrogen) atoms. The van der Waals surface area contributed by atoms with E-state index in [4.69, 9.17) is 11.2 Å². The molecule has 1 atom stereocenters. The van der Waals surface area contributed by atoms with Crippen LogP contribution < -0.4 is 15.4 Å². The summed E-state index contributed by atoms with van der Waals surface area (Å²) in [5, 5.41) is 6.28. The molecule has 0 saturated carbocycles. The second-order valence-corrected chi connectivity index (χ2v) is 5.03. The Morgan fingerprint density at radius 3 is 2.70 bits per heavy atom. The van der Waals surface area contributed by atoms with Crippen LogP contribution in [-0.2, 0) is 0 Å². The standard InChI is InChI=1S/C17H26N4O.HI/c1-6-11-19-17(18-7-2)20-13-16(21(3)4)14-9-8-10-15(12-14)22-5;/h1,8-10,12,16H,7,11,13H2,2-5H3,(H2,18,19,20);1H. The first kappa shape index (κ1) is 21.5. The van der Waals surface area contributed by atoms with Crippen LogP contribution in [0.25, 0.3) is 0 Å². The summed E-state index contributed by atoms with van der Waals surface area (Å²) in [7, 11) is 5.76. The second-order valence-electron chi connectivity index (χ2n) is 5.03. The lowest BCUT2D eigenvalue weighted by atomic mass is 10.1. The summed E-state index contributed by atoms with van der Waals surface area (Å²) in [6.45, 7) is 3.90. The molecule has 0 aliphatic rings. The molecule has 0 aromatic heterocycles. The van der Waals surface area contributed by atoms with Gasteiger partial charge in [-0.15, -0.1) is 30.4 Å². The lowest BCUT2D eigenvalue weighted by Gasteiger charge is -2.24. The van der Waals surface area contributed by atoms with Gasteiger partial charge in [0.25, 0.3) is 0 Å². The van der Waals surface area contributed by atoms with Gasteiger partial charge in [0.1, 0.15) is 5.75 Å². The van der Waals surface area contributed by atoms with Crippen molar-refractivity contribution >= 4 is 29.9 Å². The van der Waals surface area contributed by atoms with Crippen molar-refractivity contribution in [1.82, 2.24) is 15.5 Å². The number of aliphatic imine (C=N–C) groups is 1. The van der Waals surface area contributed by atoms with Crippen molar-refractivity contribution in [2.24, 2.45) is 4.99 Å². The zero-order chi connectivity index (χ0) is 16.4. The van der Waals surface area contributed by atoms with E-state index in [1.807, 2.05) is 39.2 Å². The summed E-state index contributed by atoms with van der Waals surface area (Å²) in [6, 6.07) is 8.23. The minimum Gasteiger partial charge on any atom is -0.497 e. The number of benzene rings is 1. The Labute approximate surface area is 156 Å². The number of halogens is 1. The first-order chi connectivity index (χ1) is 10.6. The number of terminal acetylenes is 1. The molecular weight excluding hydrogens is 403 g/mol. The molecule has 0 aliphatic heterocycles. The van der Waals surface area contributed by atoms with E-state index in [1.54, 1.807) is 7.11 Å². The highest BCUT2D eigenvalue weighted by Crippen LogP contribution is 2.22. The fourth-order valence-corrected chi connectivity index (χ4v) is 2.07. The van der Waals surface area contributed by atoms with Crippen LogP contribution in [0.5, 0.6) is 5.75 Å². The molecule has 0 radical (unpaired) electrons. The summed E-state index contributed by atoms with van der Waals surface area (Å²) in [4.78, 5) is 6.76. The normalized spacial score (nSPS) is 12.1. The minimum absolute atomic E-state index is 0. The van der Waals surface area contributed by atoms with Crippen LogP contribution >= 0.6 is 24.0 Å². The number of hydrogen-bond acceptors (Lipinski definition) is 3. The first-order valence-electron chi connectivity index (χ1n) is 7.38. The maximum Gasteiger partial charge on any atom is 0.192 e. The molecule has 0 bridgehead atoms. The number of nitrogens with zero attached hydrogens (tertiary/aromatic N) is 2. The Morgan fingerprint density at radius 1 is 1.39 bits per heavy atom. The van der Waals surface area contributed by atoms with Gasteiger partial charge in [-0.25, -0.2) is 0 Å². The van der Waals surface area contributed by atoms with Gasteiger partial charge in [-0.05, 0) is 38.7 Å². The molecule has 0 fully saturated rings. The molecule has 0 amide bonds. The molecule has 1 rings (SSSR count). The number of hydrogen-bond donors (Lipinski definition) is 2. The molecule has 128 valence electrons. The van der Waals surface area contributed by atoms with E-state index >= 15 is 0 Å². The Bertz CT molecular complexity index is 526. The van der Waals surface area contributed by atoms with Gasteiger partial charge in [0.15, 0.2) is 5.96 Å². The van der Waals surface area contributed by atoms with Crippen LogP contribution in [-0.4, -0.2) is 51.7 Å². The van der Waals surface area contributed by atoms with Crippen LogP contribution in [0.3, 0.4) is 0 Å². The molecule has 0 aliphatic carbocycles. The van der Waals surface area contributed by atoms with E-state index in [0.29, 0.717) is 13.1 Å². The average Bonchev–Trinajstić information content (AvgIpc) is 2.52. The smallest absolute Gasteiger partial charge is 0.192 e. The van der Waals surface area contributed by atoms with Crippen molar-refractivity contribution in [2.75, 3.05) is 40.8 Å². The van der Waals surface area contributed by atoms with Crippen molar-refractivity contribution in [1.29, 1.82) is 0 Å². The van der Waals surface area contributed by atoms with Gasteiger partial charge < -0.3 is 20.3 Å². The lowest BCUT2D eigenvalue weighted by molar-refractivity contribution is 0.305. The summed E-state index contributed by atoms with van der Waals surface area (Å²) >= 11 is 0. The van der Waals surface area contributed by atoms with E-state index in [9.17, 15) is 0 Å². The predicted octanol–water partition coefficient (Wildman–Crippen LogP) is 2.10. The highest BCUT2D eigenvalue weighted by atomic mass is 127. The Balaban J connectivity index is 0.00000484. The molecule has 1 aromatic rings. The fourth-order valence-electron chi connectivity index (χ4n) is 2.07. The van der Waals surface area contributed by atoms with Crippen molar-refractivity contribution in [2.45, 2.75) is 13.0 Å². The SMILES string of the molecule is C#CCNC(=NCC(c1cccc(OC)c1)N(C)C)NCC.I. The molecular formula is C17H27IN4O. The number of ether oxygens (including phenoxy) is 1. The molecule has 2 N–H and O–H groups in total. The first-order valence-corrected chi connectivity index (χ1v) is 7.38. The summed E-state index contributed by atoms with van der Waals surface area (Å²) in [6.07, 6.45) is 5.28. The van der Waals surface area contributed by atoms with Crippen LogP contribution in [0, 0.1) is 12.3 Å². The fraction of sp³-hybridized carbons (Fsp3) is 0.471. The third-order valence-corrected chi connectivity index (χ3v) is 3.23. The predicted molar refractivity (Wildman–Crippen MR) is 108 cm³/mol. The van der Waals surface area contributed by atoms with Gasteiger partial charge in [0.2, 0.25) is 0 Å². The van der Waals surface area contributed by atoms with Crippen molar-refractivity contribution in [3.05, 3.63) is 29.8 Å². The second kappa shape index (κ2) is 12.0. The summed E-state index contributed by atoms with van der Waals surface area (Å²) in [5.74, 6) is 4.14. The van der Waals surface area contributed by atoms with Gasteiger partial charge in [-0.3, -0.25) is 4.99 Å². The third kappa shape index (κ3) is 7.57. The van der Waals surface area contributed by atoms with E-state index < -0.39 is 0 Å². The summed E-state index contributed by atoms with van der Waals surface area (Å²) in [5.41, 5.74) is 1.17. The van der Waals surface area contributed by atoms with E-state index in [1.165, 1.54) is 5.56 Å². The van der Waals surface area contributed by atoms with Crippen molar-refractivity contribution in [3.8, 4) is 18.1 Å². The van der Waals surface area contributed by atoms with Gasteiger partial charge in [0, 0.05) is 6.54 Å². The van der Waals surface area contributed by atoms with Gasteiger partial charge >= 0.3 is 0 Å². The van der Waals surface area contributed by atoms with Crippen LogP contribution in [0.2, 0.25) is 0 Å². The zero-order valence-electron chi connectivity index (χ0n) is 14.3. The molecule has 1 unspecified atom stereocenters. The number of rotatable bonds is 7. The quantitative estimate of drug-likeness (QED) is 0.301. The molecule has 0 saturated heterocycles. The van der Waals surface area contributed by atoms with Gasteiger partial charge in [-0.2, -0.15) is 0 Å². The Kier molecular flexibility index (Phi) is 11.3. The molecule has 0 spiro atoms. The minimum atomic E-state index is 0. The van der Waals surface area contributed by atoms with E-state index in [0.717, 1.165) is 18.3 Å². The number of methoxy groups -OCH3 is 1. The Morgan fingerprint density at radius 2 is 2.13 bits per heavy atom. The summed E-state index contributed by atoms with van der Waals surface area (Å²) < 4.78 is 5.30. The molecule has 6 heteroatoms.